The highest BCUT2D eigenvalue weighted by atomic mass is 35.5. The highest BCUT2D eigenvalue weighted by Crippen LogP contribution is 2.49. The van der Waals surface area contributed by atoms with E-state index in [1.807, 2.05) is 0 Å². The van der Waals surface area contributed by atoms with Crippen LogP contribution in [0.4, 0.5) is 4.39 Å². The lowest BCUT2D eigenvalue weighted by Gasteiger charge is -2.28. The summed E-state index contributed by atoms with van der Waals surface area (Å²) in [6.07, 6.45) is -4.33. The molecule has 2 heterocycles. The number of rotatable bonds is 10. The van der Waals surface area contributed by atoms with Crippen molar-refractivity contribution in [3.8, 4) is 5.75 Å². The van der Waals surface area contributed by atoms with Crippen LogP contribution < -0.4 is 20.9 Å². The molecule has 1 aromatic carbocycles. The summed E-state index contributed by atoms with van der Waals surface area (Å²) in [4.78, 5) is 37.7. The monoisotopic (exact) mass is 599 g/mol. The van der Waals surface area contributed by atoms with E-state index in [0.717, 1.165) is 0 Å². The van der Waals surface area contributed by atoms with Gasteiger partial charge in [0.05, 0.1) is 18.9 Å². The Labute approximate surface area is 226 Å². The molecule has 1 fully saturated rings. The van der Waals surface area contributed by atoms with Gasteiger partial charge in [0, 0.05) is 0 Å². The van der Waals surface area contributed by atoms with Crippen molar-refractivity contribution in [2.45, 2.75) is 55.7 Å². The number of benzene rings is 1. The van der Waals surface area contributed by atoms with Crippen molar-refractivity contribution < 1.29 is 32.8 Å². The fourth-order valence-corrected chi connectivity index (χ4v) is 6.26. The molecule has 3 N–H and O–H groups in total. The standard InChI is InChI=1S/C21H25Cl2FN3O8PS/c1-11(2)33-18(30)12(3)26-36(37,35-13-7-5-4-6-8-13)32-10-15-16(28)21(22,23)19(34-15)27-9-14(24)17(29)25-20(27)31/h4-9,11-12,15-16,19,28H,10H2,1-3H3,(H,26,37)(H,25,29,31)/t12-,15-,16-,19-,36+/m1/s1. The largest absolute Gasteiger partial charge is 0.462 e. The molecule has 1 saturated heterocycles. The number of nitrogens with zero attached hydrogens (tertiary/aromatic N) is 1. The van der Waals surface area contributed by atoms with Crippen LogP contribution in [0.25, 0.3) is 0 Å². The number of para-hydroxylation sites is 1. The van der Waals surface area contributed by atoms with E-state index in [0.29, 0.717) is 16.5 Å². The molecule has 11 nitrogen and oxygen atoms in total. The van der Waals surface area contributed by atoms with Gasteiger partial charge in [0.15, 0.2) is 10.6 Å². The second-order valence-electron chi connectivity index (χ2n) is 8.32. The average Bonchev–Trinajstić information content (AvgIpc) is 3.03. The van der Waals surface area contributed by atoms with E-state index in [1.54, 1.807) is 49.2 Å². The third kappa shape index (κ3) is 7.18. The van der Waals surface area contributed by atoms with Crippen LogP contribution in [0.3, 0.4) is 0 Å². The summed E-state index contributed by atoms with van der Waals surface area (Å²) in [5.74, 6) is -1.55. The summed E-state index contributed by atoms with van der Waals surface area (Å²) in [7, 11) is 0. The maximum Gasteiger partial charge on any atom is 0.330 e. The first-order chi connectivity index (χ1) is 17.2. The molecular weight excluding hydrogens is 575 g/mol. The van der Waals surface area contributed by atoms with Crippen LogP contribution in [-0.4, -0.2) is 55.9 Å². The number of H-pyrrole nitrogens is 1. The quantitative estimate of drug-likeness (QED) is 0.212. The van der Waals surface area contributed by atoms with Crippen LogP contribution in [0.1, 0.15) is 27.0 Å². The zero-order valence-corrected chi connectivity index (χ0v) is 23.0. The van der Waals surface area contributed by atoms with Gasteiger partial charge in [-0.2, -0.15) is 4.39 Å². The van der Waals surface area contributed by atoms with Gasteiger partial charge in [0.25, 0.3) is 5.56 Å². The van der Waals surface area contributed by atoms with Crippen LogP contribution in [0.15, 0.2) is 46.1 Å². The van der Waals surface area contributed by atoms with Gasteiger partial charge < -0.3 is 23.6 Å². The van der Waals surface area contributed by atoms with Gasteiger partial charge in [-0.15, -0.1) is 0 Å². The number of hydrogen-bond acceptors (Lipinski definition) is 9. The number of carbonyl (C=O) groups excluding carboxylic acids is 1. The molecular formula is C21H25Cl2FN3O8PS. The Balaban J connectivity index is 1.82. The summed E-state index contributed by atoms with van der Waals surface area (Å²) in [6.45, 7) is 0.939. The first kappa shape index (κ1) is 29.7. The summed E-state index contributed by atoms with van der Waals surface area (Å²) >= 11 is 18.1. The van der Waals surface area contributed by atoms with Crippen molar-refractivity contribution >= 4 is 47.6 Å². The first-order valence-corrected chi connectivity index (χ1v) is 14.3. The van der Waals surface area contributed by atoms with Gasteiger partial charge in [0.2, 0.25) is 5.82 Å². The Bertz CT molecular complexity index is 1280. The molecule has 37 heavy (non-hydrogen) atoms. The number of esters is 1. The fourth-order valence-electron chi connectivity index (χ4n) is 3.25. The van der Waals surface area contributed by atoms with Gasteiger partial charge >= 0.3 is 18.3 Å². The normalized spacial score (nSPS) is 23.4. The molecule has 0 radical (unpaired) electrons. The molecule has 5 atom stereocenters. The fraction of sp³-hybridized carbons (Fsp3) is 0.476. The van der Waals surface area contributed by atoms with E-state index in [1.165, 1.54) is 6.92 Å². The van der Waals surface area contributed by atoms with Crippen LogP contribution in [-0.2, 0) is 30.6 Å². The topological polar surface area (TPSA) is 141 Å². The van der Waals surface area contributed by atoms with Crippen molar-refractivity contribution in [1.29, 1.82) is 0 Å². The van der Waals surface area contributed by atoms with Crippen molar-refractivity contribution in [3.05, 3.63) is 63.2 Å². The Morgan fingerprint density at radius 2 is 1.97 bits per heavy atom. The average molecular weight is 600 g/mol. The molecule has 0 bridgehead atoms. The summed E-state index contributed by atoms with van der Waals surface area (Å²) in [5, 5.41) is 13.5. The van der Waals surface area contributed by atoms with E-state index in [9.17, 15) is 23.9 Å². The van der Waals surface area contributed by atoms with Gasteiger partial charge in [0.1, 0.15) is 24.0 Å². The SMILES string of the molecule is CC(C)OC(=O)[C@@H](C)N[P@](=S)(OC[C@H]1O[C@@H](n2cc(F)c(=O)[nH]c2=O)C(Cl)(Cl)[C@@H]1O)Oc1ccccc1. The van der Waals surface area contributed by atoms with Crippen LogP contribution in [0.2, 0.25) is 0 Å². The molecule has 1 aromatic heterocycles. The predicted molar refractivity (Wildman–Crippen MR) is 137 cm³/mol. The minimum Gasteiger partial charge on any atom is -0.462 e. The molecule has 0 saturated carbocycles. The maximum atomic E-state index is 13.8. The number of aromatic amines is 1. The second-order valence-corrected chi connectivity index (χ2v) is 12.9. The van der Waals surface area contributed by atoms with E-state index in [-0.39, 0.29) is 6.10 Å². The Kier molecular flexibility index (Phi) is 9.57. The minimum atomic E-state index is -3.50. The molecule has 0 aliphatic carbocycles. The van der Waals surface area contributed by atoms with E-state index in [4.69, 9.17) is 53.5 Å². The number of aliphatic hydroxyl groups excluding tert-OH is 1. The predicted octanol–water partition coefficient (Wildman–Crippen LogP) is 2.36. The number of halogens is 3. The highest BCUT2D eigenvalue weighted by molar-refractivity contribution is 8.09. The van der Waals surface area contributed by atoms with Crippen LogP contribution in [0.5, 0.6) is 5.75 Å². The number of alkyl halides is 2. The smallest absolute Gasteiger partial charge is 0.330 e. The van der Waals surface area contributed by atoms with Crippen molar-refractivity contribution in [3.63, 3.8) is 0 Å². The summed E-state index contributed by atoms with van der Waals surface area (Å²) < 4.78 is 34.8. The maximum absolute atomic E-state index is 13.8. The third-order valence-electron chi connectivity index (χ3n) is 4.99. The number of aliphatic hydroxyl groups is 1. The summed E-state index contributed by atoms with van der Waals surface area (Å²) in [6, 6.07) is 7.49. The number of aromatic nitrogens is 2. The lowest BCUT2D eigenvalue weighted by atomic mass is 10.2. The van der Waals surface area contributed by atoms with Crippen molar-refractivity contribution in [2.75, 3.05) is 6.61 Å². The number of ether oxygens (including phenoxy) is 2. The molecule has 3 rings (SSSR count). The lowest BCUT2D eigenvalue weighted by molar-refractivity contribution is -0.149. The van der Waals surface area contributed by atoms with Gasteiger partial charge in [-0.3, -0.25) is 19.1 Å². The molecule has 1 aliphatic rings. The Morgan fingerprint density at radius 3 is 2.59 bits per heavy atom. The number of nitrogens with one attached hydrogen (secondary N) is 2. The molecule has 0 spiro atoms. The van der Waals surface area contributed by atoms with E-state index >= 15 is 0 Å². The van der Waals surface area contributed by atoms with E-state index < -0.39 is 65.1 Å². The third-order valence-corrected chi connectivity index (χ3v) is 8.31. The summed E-state index contributed by atoms with van der Waals surface area (Å²) in [5.41, 5.74) is -2.31. The van der Waals surface area contributed by atoms with E-state index in [2.05, 4.69) is 5.09 Å². The Morgan fingerprint density at radius 1 is 1.32 bits per heavy atom. The molecule has 16 heteroatoms. The van der Waals surface area contributed by atoms with Crippen molar-refractivity contribution in [2.24, 2.45) is 0 Å². The van der Waals surface area contributed by atoms with Gasteiger partial charge in [-0.1, -0.05) is 41.4 Å². The van der Waals surface area contributed by atoms with Crippen LogP contribution in [0, 0.1) is 5.82 Å². The van der Waals surface area contributed by atoms with Crippen molar-refractivity contribution in [1.82, 2.24) is 14.6 Å². The highest BCUT2D eigenvalue weighted by Gasteiger charge is 2.56. The Hall–Kier alpha value is -1.83. The first-order valence-electron chi connectivity index (χ1n) is 10.9. The molecule has 1 aliphatic heterocycles. The minimum absolute atomic E-state index is 0.341. The molecule has 0 amide bonds. The zero-order valence-electron chi connectivity index (χ0n) is 19.8. The number of carbonyl (C=O) groups is 1. The molecule has 204 valence electrons. The second kappa shape index (κ2) is 11.9. The van der Waals surface area contributed by atoms with Crippen LogP contribution >= 0.6 is 29.8 Å². The molecule has 0 unspecified atom stereocenters. The number of hydrogen-bond donors (Lipinski definition) is 3. The zero-order chi connectivity index (χ0) is 27.5. The molecule has 2 aromatic rings. The van der Waals surface area contributed by atoms with Gasteiger partial charge in [-0.05, 0) is 44.7 Å². The van der Waals surface area contributed by atoms with Gasteiger partial charge in [-0.25, -0.2) is 9.88 Å². The lowest BCUT2D eigenvalue weighted by Crippen LogP contribution is -2.42.